The molecule has 0 aliphatic heterocycles. The van der Waals surface area contributed by atoms with Gasteiger partial charge in [0.05, 0.1) is 0 Å². The van der Waals surface area contributed by atoms with E-state index in [1.807, 2.05) is 38.1 Å². The van der Waals surface area contributed by atoms with Crippen molar-refractivity contribution in [3.8, 4) is 17.2 Å². The number of benzene rings is 3. The molecule has 1 atom stereocenters. The molecule has 0 fully saturated rings. The van der Waals surface area contributed by atoms with E-state index in [2.05, 4.69) is 20.8 Å². The second kappa shape index (κ2) is 9.84. The van der Waals surface area contributed by atoms with E-state index >= 15 is 0 Å². The molecule has 0 spiro atoms. The highest BCUT2D eigenvalue weighted by Gasteiger charge is 2.43. The second-order valence-electron chi connectivity index (χ2n) is 9.15. The Kier molecular flexibility index (Phi) is 7.34. The summed E-state index contributed by atoms with van der Waals surface area (Å²) in [6, 6.07) is 21.3. The van der Waals surface area contributed by atoms with Gasteiger partial charge in [-0.25, -0.2) is 4.57 Å². The second-order valence-corrected chi connectivity index (χ2v) is 11.4. The number of carbonyl (C=O) groups excluding carboxylic acids is 1. The lowest BCUT2D eigenvalue weighted by molar-refractivity contribution is -0.134. The van der Waals surface area contributed by atoms with Crippen LogP contribution >= 0.6 is 7.60 Å². The molecule has 33 heavy (non-hydrogen) atoms. The molecular formula is C27H31O5P. The molecule has 174 valence electrons. The summed E-state index contributed by atoms with van der Waals surface area (Å²) in [6.07, 6.45) is 0. The minimum absolute atomic E-state index is 0.250. The fourth-order valence-electron chi connectivity index (χ4n) is 3.40. The van der Waals surface area contributed by atoms with Crippen LogP contribution in [0.4, 0.5) is 0 Å². The zero-order valence-electron chi connectivity index (χ0n) is 20.0. The number of para-hydroxylation sites is 2. The van der Waals surface area contributed by atoms with Gasteiger partial charge in [-0.1, -0.05) is 74.9 Å². The van der Waals surface area contributed by atoms with E-state index in [-0.39, 0.29) is 5.41 Å². The van der Waals surface area contributed by atoms with Gasteiger partial charge in [0.2, 0.25) is 0 Å². The maximum absolute atomic E-state index is 14.0. The van der Waals surface area contributed by atoms with Crippen molar-refractivity contribution in [2.45, 2.75) is 52.6 Å². The molecule has 3 aromatic carbocycles. The van der Waals surface area contributed by atoms with Crippen molar-refractivity contribution in [1.82, 2.24) is 0 Å². The van der Waals surface area contributed by atoms with Crippen molar-refractivity contribution in [3.05, 3.63) is 89.5 Å². The average Bonchev–Trinajstić information content (AvgIpc) is 2.75. The van der Waals surface area contributed by atoms with Gasteiger partial charge in [-0.2, -0.15) is 0 Å². The third-order valence-electron chi connectivity index (χ3n) is 5.20. The van der Waals surface area contributed by atoms with Crippen LogP contribution in [-0.2, 0) is 14.8 Å². The number of esters is 1. The first-order valence-electron chi connectivity index (χ1n) is 10.9. The molecule has 5 nitrogen and oxygen atoms in total. The molecule has 3 aromatic rings. The van der Waals surface area contributed by atoms with Gasteiger partial charge in [0, 0.05) is 5.56 Å². The number of carbonyl (C=O) groups is 1. The normalized spacial score (nSPS) is 12.7. The predicted octanol–water partition coefficient (Wildman–Crippen LogP) is 7.25. The van der Waals surface area contributed by atoms with Crippen LogP contribution in [0.2, 0.25) is 0 Å². The van der Waals surface area contributed by atoms with Gasteiger partial charge in [-0.05, 0) is 56.0 Å². The predicted molar refractivity (Wildman–Crippen MR) is 131 cm³/mol. The average molecular weight is 467 g/mol. The first-order chi connectivity index (χ1) is 15.5. The van der Waals surface area contributed by atoms with Crippen LogP contribution in [0.1, 0.15) is 44.4 Å². The number of rotatable bonds is 7. The van der Waals surface area contributed by atoms with Crippen LogP contribution in [0.15, 0.2) is 72.8 Å². The van der Waals surface area contributed by atoms with Crippen LogP contribution in [0.5, 0.6) is 17.2 Å². The smallest absolute Gasteiger partial charge is 0.425 e. The van der Waals surface area contributed by atoms with E-state index in [1.165, 1.54) is 6.92 Å². The highest BCUT2D eigenvalue weighted by Crippen LogP contribution is 2.53. The molecule has 0 aliphatic carbocycles. The van der Waals surface area contributed by atoms with Crippen LogP contribution in [0.25, 0.3) is 0 Å². The number of hydrogen-bond acceptors (Lipinski definition) is 5. The molecule has 6 heteroatoms. The maximum Gasteiger partial charge on any atom is 0.444 e. The van der Waals surface area contributed by atoms with Crippen molar-refractivity contribution in [2.75, 3.05) is 0 Å². The molecule has 3 rings (SSSR count). The Morgan fingerprint density at radius 2 is 1.33 bits per heavy atom. The summed E-state index contributed by atoms with van der Waals surface area (Å²) in [5, 5.41) is 0. The first-order valence-corrected chi connectivity index (χ1v) is 12.5. The van der Waals surface area contributed by atoms with Crippen molar-refractivity contribution in [3.63, 3.8) is 0 Å². The number of ether oxygens (including phenoxy) is 1. The van der Waals surface area contributed by atoms with E-state index in [0.717, 1.165) is 16.7 Å². The Balaban J connectivity index is 1.96. The van der Waals surface area contributed by atoms with Gasteiger partial charge < -0.3 is 13.8 Å². The standard InChI is InChI=1S/C27H31O5P/c1-19-17-20(2)25(24(18-19)27(4,5)6)30-26(28)21(3)33(29,31-22-13-9-7-10-14-22)32-23-15-11-8-12-16-23/h7-18,21H,1-6H3. The van der Waals surface area contributed by atoms with Gasteiger partial charge in [0.25, 0.3) is 0 Å². The Hall–Kier alpha value is -3.04. The quantitative estimate of drug-likeness (QED) is 0.209. The Morgan fingerprint density at radius 3 is 1.79 bits per heavy atom. The van der Waals surface area contributed by atoms with E-state index in [4.69, 9.17) is 13.8 Å². The van der Waals surface area contributed by atoms with Crippen molar-refractivity contribution in [1.29, 1.82) is 0 Å². The summed E-state index contributed by atoms with van der Waals surface area (Å²) in [5.74, 6) is 0.496. The summed E-state index contributed by atoms with van der Waals surface area (Å²) in [7, 11) is -4.00. The molecule has 0 radical (unpaired) electrons. The molecule has 0 bridgehead atoms. The summed E-state index contributed by atoms with van der Waals surface area (Å²) in [4.78, 5) is 13.3. The largest absolute Gasteiger partial charge is 0.444 e. The fraction of sp³-hybridized carbons (Fsp3) is 0.296. The molecule has 1 unspecified atom stereocenters. The molecule has 0 heterocycles. The monoisotopic (exact) mass is 466 g/mol. The lowest BCUT2D eigenvalue weighted by atomic mass is 9.84. The van der Waals surface area contributed by atoms with E-state index in [1.54, 1.807) is 48.5 Å². The van der Waals surface area contributed by atoms with Gasteiger partial charge >= 0.3 is 13.6 Å². The van der Waals surface area contributed by atoms with Crippen LogP contribution in [-0.4, -0.2) is 11.6 Å². The zero-order valence-corrected chi connectivity index (χ0v) is 20.9. The first kappa shape index (κ1) is 24.6. The van der Waals surface area contributed by atoms with Gasteiger partial charge in [0.15, 0.2) is 5.66 Å². The molecule has 0 aliphatic rings. The minimum Gasteiger partial charge on any atom is -0.425 e. The topological polar surface area (TPSA) is 61.8 Å². The number of aryl methyl sites for hydroxylation is 2. The van der Waals surface area contributed by atoms with Crippen molar-refractivity contribution >= 4 is 13.6 Å². The minimum atomic E-state index is -4.00. The van der Waals surface area contributed by atoms with E-state index < -0.39 is 19.2 Å². The van der Waals surface area contributed by atoms with Crippen LogP contribution in [0, 0.1) is 13.8 Å². The third kappa shape index (κ3) is 6.06. The van der Waals surface area contributed by atoms with E-state index in [9.17, 15) is 9.36 Å². The molecular weight excluding hydrogens is 435 g/mol. The van der Waals surface area contributed by atoms with Crippen molar-refractivity contribution < 1.29 is 23.1 Å². The van der Waals surface area contributed by atoms with E-state index in [0.29, 0.717) is 17.2 Å². The molecule has 0 saturated carbocycles. The van der Waals surface area contributed by atoms with Crippen LogP contribution < -0.4 is 13.8 Å². The van der Waals surface area contributed by atoms with Crippen molar-refractivity contribution in [2.24, 2.45) is 0 Å². The zero-order chi connectivity index (χ0) is 24.2. The third-order valence-corrected chi connectivity index (χ3v) is 7.29. The lowest BCUT2D eigenvalue weighted by Crippen LogP contribution is -2.28. The van der Waals surface area contributed by atoms with Gasteiger partial charge in [-0.3, -0.25) is 4.79 Å². The Morgan fingerprint density at radius 1 is 0.848 bits per heavy atom. The highest BCUT2D eigenvalue weighted by molar-refractivity contribution is 7.56. The number of hydrogen-bond donors (Lipinski definition) is 0. The molecule has 0 aromatic heterocycles. The Labute approximate surface area is 196 Å². The highest BCUT2D eigenvalue weighted by atomic mass is 31.2. The van der Waals surface area contributed by atoms with Gasteiger partial charge in [-0.15, -0.1) is 0 Å². The fourth-order valence-corrected chi connectivity index (χ4v) is 4.89. The Bertz CT molecular complexity index is 1100. The molecule has 0 saturated heterocycles. The lowest BCUT2D eigenvalue weighted by Gasteiger charge is -2.27. The summed E-state index contributed by atoms with van der Waals surface area (Å²) < 4.78 is 31.4. The summed E-state index contributed by atoms with van der Waals surface area (Å²) >= 11 is 0. The van der Waals surface area contributed by atoms with Crippen LogP contribution in [0.3, 0.4) is 0 Å². The summed E-state index contributed by atoms with van der Waals surface area (Å²) in [5.41, 5.74) is 1.40. The maximum atomic E-state index is 14.0. The van der Waals surface area contributed by atoms with Gasteiger partial charge in [0.1, 0.15) is 17.2 Å². The molecule has 0 N–H and O–H groups in total. The molecule has 0 amide bonds. The summed E-state index contributed by atoms with van der Waals surface area (Å²) in [6.45, 7) is 11.6. The SMILES string of the molecule is Cc1cc(C)c(OC(=O)C(C)P(=O)(Oc2ccccc2)Oc2ccccc2)c(C(C)(C)C)c1.